The molecule has 0 saturated carbocycles. The van der Waals surface area contributed by atoms with Crippen LogP contribution in [0.4, 0.5) is 4.79 Å². The maximum absolute atomic E-state index is 12.3. The van der Waals surface area contributed by atoms with E-state index in [2.05, 4.69) is 0 Å². The second-order valence-electron chi connectivity index (χ2n) is 6.11. The predicted molar refractivity (Wildman–Crippen MR) is 81.8 cm³/mol. The number of benzene rings is 1. The second kappa shape index (κ2) is 7.11. The first-order chi connectivity index (χ1) is 9.69. The summed E-state index contributed by atoms with van der Waals surface area (Å²) >= 11 is 0. The summed E-state index contributed by atoms with van der Waals surface area (Å²) in [5.41, 5.74) is 0.364. The van der Waals surface area contributed by atoms with Gasteiger partial charge in [-0.15, -0.1) is 0 Å². The molecule has 0 unspecified atom stereocenters. The number of hydrogen-bond acceptors (Lipinski definition) is 3. The first-order valence-electron chi connectivity index (χ1n) is 6.91. The number of rotatable bonds is 4. The van der Waals surface area contributed by atoms with Crippen molar-refractivity contribution in [1.29, 1.82) is 0 Å². The van der Waals surface area contributed by atoms with E-state index >= 15 is 0 Å². The topological polar surface area (TPSA) is 49.9 Å². The summed E-state index contributed by atoms with van der Waals surface area (Å²) in [6.45, 7) is 5.75. The van der Waals surface area contributed by atoms with Gasteiger partial charge in [0.25, 0.3) is 0 Å². The van der Waals surface area contributed by atoms with E-state index in [1.807, 2.05) is 30.3 Å². The van der Waals surface area contributed by atoms with Crippen LogP contribution in [0.2, 0.25) is 0 Å². The molecule has 0 saturated heterocycles. The van der Waals surface area contributed by atoms with Gasteiger partial charge in [0.1, 0.15) is 12.1 Å². The van der Waals surface area contributed by atoms with Gasteiger partial charge in [0.2, 0.25) is 5.91 Å². The molecule has 1 aromatic carbocycles. The van der Waals surface area contributed by atoms with E-state index < -0.39 is 11.7 Å². The number of carbonyl (C=O) groups is 2. The molecule has 0 N–H and O–H groups in total. The molecule has 0 radical (unpaired) electrons. The van der Waals surface area contributed by atoms with Crippen molar-refractivity contribution in [3.63, 3.8) is 0 Å². The van der Waals surface area contributed by atoms with Crippen LogP contribution in [0.25, 0.3) is 0 Å². The van der Waals surface area contributed by atoms with Gasteiger partial charge in [-0.3, -0.25) is 9.69 Å². The highest BCUT2D eigenvalue weighted by molar-refractivity contribution is 5.82. The van der Waals surface area contributed by atoms with E-state index in [4.69, 9.17) is 4.74 Å². The van der Waals surface area contributed by atoms with Gasteiger partial charge in [0.05, 0.1) is 0 Å². The molecule has 5 nitrogen and oxygen atoms in total. The van der Waals surface area contributed by atoms with Crippen LogP contribution < -0.4 is 0 Å². The Morgan fingerprint density at radius 1 is 1.10 bits per heavy atom. The van der Waals surface area contributed by atoms with Crippen molar-refractivity contribution in [1.82, 2.24) is 9.80 Å². The van der Waals surface area contributed by atoms with Crippen LogP contribution in [-0.2, 0) is 16.1 Å². The van der Waals surface area contributed by atoms with Crippen LogP contribution in [0.15, 0.2) is 30.3 Å². The molecule has 0 aliphatic rings. The molecule has 21 heavy (non-hydrogen) atoms. The van der Waals surface area contributed by atoms with Crippen LogP contribution in [0.5, 0.6) is 0 Å². The van der Waals surface area contributed by atoms with Gasteiger partial charge in [-0.2, -0.15) is 0 Å². The molecule has 0 atom stereocenters. The second-order valence-corrected chi connectivity index (χ2v) is 6.11. The zero-order valence-corrected chi connectivity index (χ0v) is 13.4. The van der Waals surface area contributed by atoms with Gasteiger partial charge >= 0.3 is 6.09 Å². The van der Waals surface area contributed by atoms with E-state index in [9.17, 15) is 9.59 Å². The highest BCUT2D eigenvalue weighted by Crippen LogP contribution is 2.12. The third-order valence-electron chi connectivity index (χ3n) is 2.69. The summed E-state index contributed by atoms with van der Waals surface area (Å²) in [6.07, 6.45) is -0.485. The average molecular weight is 292 g/mol. The fourth-order valence-electron chi connectivity index (χ4n) is 1.62. The Labute approximate surface area is 126 Å². The Morgan fingerprint density at radius 2 is 1.67 bits per heavy atom. The van der Waals surface area contributed by atoms with Crippen molar-refractivity contribution in [2.45, 2.75) is 32.9 Å². The number of hydrogen-bond donors (Lipinski definition) is 0. The van der Waals surface area contributed by atoms with E-state index in [1.54, 1.807) is 34.9 Å². The molecule has 0 spiro atoms. The fraction of sp³-hybridized carbons (Fsp3) is 0.500. The monoisotopic (exact) mass is 292 g/mol. The number of nitrogens with zero attached hydrogens (tertiary/aromatic N) is 2. The smallest absolute Gasteiger partial charge is 0.411 e. The standard InChI is InChI=1S/C16H24N2O3/c1-16(2,3)21-15(20)18(12-14(19)17(4)5)11-13-9-7-6-8-10-13/h6-10H,11-12H2,1-5H3. The minimum atomic E-state index is -0.590. The van der Waals surface area contributed by atoms with Crippen LogP contribution in [-0.4, -0.2) is 48.0 Å². The quantitative estimate of drug-likeness (QED) is 0.856. The number of ether oxygens (including phenoxy) is 1. The molecule has 0 aliphatic carbocycles. The highest BCUT2D eigenvalue weighted by Gasteiger charge is 2.24. The molecule has 116 valence electrons. The lowest BCUT2D eigenvalue weighted by atomic mass is 10.2. The third-order valence-corrected chi connectivity index (χ3v) is 2.69. The first kappa shape index (κ1) is 17.0. The Balaban J connectivity index is 2.84. The van der Waals surface area contributed by atoms with Gasteiger partial charge in [-0.1, -0.05) is 30.3 Å². The van der Waals surface area contributed by atoms with Gasteiger partial charge < -0.3 is 9.64 Å². The van der Waals surface area contributed by atoms with Crippen LogP contribution >= 0.6 is 0 Å². The summed E-state index contributed by atoms with van der Waals surface area (Å²) in [7, 11) is 3.33. The number of amides is 2. The number of likely N-dealkylation sites (N-methyl/N-ethyl adjacent to an activating group) is 1. The Morgan fingerprint density at radius 3 is 2.14 bits per heavy atom. The normalized spacial score (nSPS) is 10.9. The highest BCUT2D eigenvalue weighted by atomic mass is 16.6. The van der Waals surface area contributed by atoms with Crippen molar-refractivity contribution in [3.05, 3.63) is 35.9 Å². The largest absolute Gasteiger partial charge is 0.444 e. The van der Waals surface area contributed by atoms with Crippen LogP contribution in [0.3, 0.4) is 0 Å². The summed E-state index contributed by atoms with van der Waals surface area (Å²) in [6, 6.07) is 9.54. The van der Waals surface area contributed by atoms with E-state index in [0.717, 1.165) is 5.56 Å². The Hall–Kier alpha value is -2.04. The lowest BCUT2D eigenvalue weighted by molar-refractivity contribution is -0.130. The van der Waals surface area contributed by atoms with Crippen molar-refractivity contribution in [3.8, 4) is 0 Å². The molecule has 1 rings (SSSR count). The fourth-order valence-corrected chi connectivity index (χ4v) is 1.62. The maximum Gasteiger partial charge on any atom is 0.411 e. The van der Waals surface area contributed by atoms with Gasteiger partial charge in [-0.05, 0) is 26.3 Å². The molecule has 0 bridgehead atoms. The van der Waals surface area contributed by atoms with Crippen LogP contribution in [0, 0.1) is 0 Å². The van der Waals surface area contributed by atoms with Gasteiger partial charge in [-0.25, -0.2) is 4.79 Å². The molecular weight excluding hydrogens is 268 g/mol. The summed E-state index contributed by atoms with van der Waals surface area (Å²) in [5, 5.41) is 0. The Bertz CT molecular complexity index is 478. The lowest BCUT2D eigenvalue weighted by Crippen LogP contribution is -2.42. The zero-order valence-electron chi connectivity index (χ0n) is 13.4. The molecule has 0 heterocycles. The van der Waals surface area contributed by atoms with E-state index in [-0.39, 0.29) is 12.5 Å². The molecule has 0 aliphatic heterocycles. The van der Waals surface area contributed by atoms with Crippen molar-refractivity contribution < 1.29 is 14.3 Å². The van der Waals surface area contributed by atoms with Gasteiger partial charge in [0, 0.05) is 20.6 Å². The molecule has 0 fully saturated rings. The van der Waals surface area contributed by atoms with Crippen molar-refractivity contribution >= 4 is 12.0 Å². The zero-order chi connectivity index (χ0) is 16.0. The summed E-state index contributed by atoms with van der Waals surface area (Å²) in [4.78, 5) is 27.0. The van der Waals surface area contributed by atoms with Gasteiger partial charge in [0.15, 0.2) is 0 Å². The molecule has 0 aromatic heterocycles. The van der Waals surface area contributed by atoms with E-state index in [0.29, 0.717) is 6.54 Å². The summed E-state index contributed by atoms with van der Waals surface area (Å²) in [5.74, 6) is -0.142. The predicted octanol–water partition coefficient (Wildman–Crippen LogP) is 2.51. The summed E-state index contributed by atoms with van der Waals surface area (Å²) < 4.78 is 5.37. The third kappa shape index (κ3) is 6.29. The minimum Gasteiger partial charge on any atom is -0.444 e. The molecule has 2 amide bonds. The van der Waals surface area contributed by atoms with Crippen molar-refractivity contribution in [2.75, 3.05) is 20.6 Å². The Kier molecular flexibility index (Phi) is 5.76. The molecule has 1 aromatic rings. The maximum atomic E-state index is 12.3. The van der Waals surface area contributed by atoms with Crippen LogP contribution in [0.1, 0.15) is 26.3 Å². The molecule has 5 heteroatoms. The minimum absolute atomic E-state index is 0.00317. The van der Waals surface area contributed by atoms with E-state index in [1.165, 1.54) is 9.80 Å². The SMILES string of the molecule is CN(C)C(=O)CN(Cc1ccccc1)C(=O)OC(C)(C)C. The van der Waals surface area contributed by atoms with Crippen molar-refractivity contribution in [2.24, 2.45) is 0 Å². The first-order valence-corrected chi connectivity index (χ1v) is 6.91. The lowest BCUT2D eigenvalue weighted by Gasteiger charge is -2.28. The average Bonchev–Trinajstić information content (AvgIpc) is 2.36. The molecular formula is C16H24N2O3. The number of carbonyl (C=O) groups excluding carboxylic acids is 2.